The third-order valence-corrected chi connectivity index (χ3v) is 10.6. The van der Waals surface area contributed by atoms with Crippen LogP contribution in [0.4, 0.5) is 16.0 Å². The molecular formula is C29H34FN7O2S. The number of nitrogens with zero attached hydrogens (tertiary/aromatic N) is 7. The van der Waals surface area contributed by atoms with Crippen LogP contribution in [-0.2, 0) is 10.0 Å². The van der Waals surface area contributed by atoms with Gasteiger partial charge in [0.25, 0.3) is 0 Å². The van der Waals surface area contributed by atoms with Gasteiger partial charge < -0.3 is 9.80 Å². The van der Waals surface area contributed by atoms with Gasteiger partial charge in [0.05, 0.1) is 23.2 Å². The Morgan fingerprint density at radius 3 is 2.58 bits per heavy atom. The molecule has 1 unspecified atom stereocenters. The standard InChI is InChI=1S/C29H34FN7O2S/c1-3-21(2)40(38,39)35-17-15-34(16-18-35)28-11-5-9-24(32-28)26-20-31-27-12-13-29(33-37(26)27)36-14-6-10-25(36)22-7-4-8-23(30)19-22/h4-5,7-9,11-13,19-21,25H,3,6,10,14-18H2,1-2H3/t21?,25-/m1/s1. The maximum absolute atomic E-state index is 14.0. The van der Waals surface area contributed by atoms with Crippen molar-refractivity contribution in [2.75, 3.05) is 42.5 Å². The number of anilines is 2. The summed E-state index contributed by atoms with van der Waals surface area (Å²) >= 11 is 0. The molecule has 3 aromatic heterocycles. The molecule has 5 heterocycles. The first-order valence-corrected chi connectivity index (χ1v) is 15.4. The third kappa shape index (κ3) is 4.92. The van der Waals surface area contributed by atoms with Crippen LogP contribution < -0.4 is 9.80 Å². The van der Waals surface area contributed by atoms with E-state index in [1.54, 1.807) is 29.6 Å². The van der Waals surface area contributed by atoms with Gasteiger partial charge in [0.1, 0.15) is 23.1 Å². The van der Waals surface area contributed by atoms with E-state index < -0.39 is 10.0 Å². The summed E-state index contributed by atoms with van der Waals surface area (Å²) in [6, 6.07) is 16.7. The summed E-state index contributed by atoms with van der Waals surface area (Å²) in [6.45, 7) is 6.57. The molecule has 40 heavy (non-hydrogen) atoms. The van der Waals surface area contributed by atoms with E-state index in [1.165, 1.54) is 6.07 Å². The highest BCUT2D eigenvalue weighted by atomic mass is 32.2. The summed E-state index contributed by atoms with van der Waals surface area (Å²) < 4.78 is 43.0. The highest BCUT2D eigenvalue weighted by Crippen LogP contribution is 2.36. The Hall–Kier alpha value is -3.57. The number of benzene rings is 1. The number of hydrogen-bond acceptors (Lipinski definition) is 7. The minimum Gasteiger partial charge on any atom is -0.354 e. The van der Waals surface area contributed by atoms with Gasteiger partial charge in [-0.3, -0.25) is 0 Å². The zero-order valence-corrected chi connectivity index (χ0v) is 23.6. The number of halogens is 1. The molecule has 2 fully saturated rings. The average Bonchev–Trinajstić information content (AvgIpc) is 3.64. The van der Waals surface area contributed by atoms with Gasteiger partial charge >= 0.3 is 0 Å². The average molecular weight is 564 g/mol. The Balaban J connectivity index is 1.25. The highest BCUT2D eigenvalue weighted by molar-refractivity contribution is 7.89. The minimum absolute atomic E-state index is 0.0665. The van der Waals surface area contributed by atoms with Crippen LogP contribution in [0.3, 0.4) is 0 Å². The highest BCUT2D eigenvalue weighted by Gasteiger charge is 2.31. The lowest BCUT2D eigenvalue weighted by Gasteiger charge is -2.36. The summed E-state index contributed by atoms with van der Waals surface area (Å²) in [5, 5.41) is 4.58. The predicted octanol–water partition coefficient (Wildman–Crippen LogP) is 4.52. The van der Waals surface area contributed by atoms with Crippen molar-refractivity contribution in [3.63, 3.8) is 0 Å². The van der Waals surface area contributed by atoms with Crippen molar-refractivity contribution in [1.82, 2.24) is 23.9 Å². The second-order valence-corrected chi connectivity index (χ2v) is 12.9. The Bertz CT molecular complexity index is 1620. The molecule has 2 aliphatic heterocycles. The van der Waals surface area contributed by atoms with Gasteiger partial charge in [0, 0.05) is 32.7 Å². The molecule has 4 aromatic rings. The Kier molecular flexibility index (Phi) is 7.18. The van der Waals surface area contributed by atoms with Gasteiger partial charge in [0.15, 0.2) is 5.65 Å². The van der Waals surface area contributed by atoms with Gasteiger partial charge in [-0.25, -0.2) is 27.3 Å². The molecule has 0 radical (unpaired) electrons. The molecule has 2 atom stereocenters. The molecule has 11 heteroatoms. The Morgan fingerprint density at radius 2 is 1.80 bits per heavy atom. The van der Waals surface area contributed by atoms with Gasteiger partial charge in [-0.15, -0.1) is 5.10 Å². The zero-order chi connectivity index (χ0) is 27.9. The molecule has 2 saturated heterocycles. The van der Waals surface area contributed by atoms with Crippen molar-refractivity contribution in [1.29, 1.82) is 0 Å². The molecule has 1 aromatic carbocycles. The maximum Gasteiger partial charge on any atom is 0.216 e. The van der Waals surface area contributed by atoms with E-state index in [9.17, 15) is 12.8 Å². The van der Waals surface area contributed by atoms with Crippen molar-refractivity contribution in [3.8, 4) is 11.4 Å². The minimum atomic E-state index is -3.28. The van der Waals surface area contributed by atoms with E-state index in [0.717, 1.165) is 53.6 Å². The molecule has 9 nitrogen and oxygen atoms in total. The summed E-state index contributed by atoms with van der Waals surface area (Å²) in [5.74, 6) is 1.39. The van der Waals surface area contributed by atoms with Crippen molar-refractivity contribution in [2.24, 2.45) is 0 Å². The summed E-state index contributed by atoms with van der Waals surface area (Å²) in [7, 11) is -3.28. The molecule has 0 bridgehead atoms. The van der Waals surface area contributed by atoms with Crippen LogP contribution in [0.2, 0.25) is 0 Å². The molecule has 0 N–H and O–H groups in total. The monoisotopic (exact) mass is 563 g/mol. The number of imidazole rings is 1. The fourth-order valence-corrected chi connectivity index (χ4v) is 7.27. The van der Waals surface area contributed by atoms with Crippen molar-refractivity contribution in [3.05, 3.63) is 72.2 Å². The van der Waals surface area contributed by atoms with Gasteiger partial charge in [-0.2, -0.15) is 4.31 Å². The molecule has 0 saturated carbocycles. The number of sulfonamides is 1. The first kappa shape index (κ1) is 26.6. The number of piperazine rings is 1. The van der Waals surface area contributed by atoms with Crippen molar-refractivity contribution < 1.29 is 12.8 Å². The number of rotatable bonds is 7. The van der Waals surface area contributed by atoms with Crippen LogP contribution in [0.1, 0.15) is 44.7 Å². The number of hydrogen-bond donors (Lipinski definition) is 0. The van der Waals surface area contributed by atoms with Gasteiger partial charge in [0.2, 0.25) is 10.0 Å². The van der Waals surface area contributed by atoms with Crippen LogP contribution in [0, 0.1) is 5.82 Å². The van der Waals surface area contributed by atoms with E-state index in [0.29, 0.717) is 32.6 Å². The summed E-state index contributed by atoms with van der Waals surface area (Å²) in [6.07, 6.45) is 4.33. The quantitative estimate of drug-likeness (QED) is 0.327. The largest absolute Gasteiger partial charge is 0.354 e. The van der Waals surface area contributed by atoms with Crippen LogP contribution in [0.5, 0.6) is 0 Å². The smallest absolute Gasteiger partial charge is 0.216 e. The second kappa shape index (κ2) is 10.8. The molecule has 0 spiro atoms. The SMILES string of the molecule is CCC(C)S(=O)(=O)N1CCN(c2cccc(-c3cnc4ccc(N5CCC[C@@H]5c5cccc(F)c5)nn34)n2)CC1. The van der Waals surface area contributed by atoms with E-state index in [4.69, 9.17) is 10.1 Å². The molecule has 6 rings (SSSR count). The van der Waals surface area contributed by atoms with Crippen molar-refractivity contribution in [2.45, 2.75) is 44.4 Å². The van der Waals surface area contributed by atoms with Gasteiger partial charge in [-0.1, -0.05) is 25.1 Å². The lowest BCUT2D eigenvalue weighted by atomic mass is 10.0. The van der Waals surface area contributed by atoms with Crippen molar-refractivity contribution >= 4 is 27.3 Å². The Labute approximate surface area is 234 Å². The molecule has 2 aliphatic rings. The predicted molar refractivity (Wildman–Crippen MR) is 154 cm³/mol. The summed E-state index contributed by atoms with van der Waals surface area (Å²) in [5.41, 5.74) is 3.19. The van der Waals surface area contributed by atoms with E-state index in [-0.39, 0.29) is 17.1 Å². The normalized spacial score (nSPS) is 19.4. The van der Waals surface area contributed by atoms with Crippen LogP contribution in [0.25, 0.3) is 17.0 Å². The van der Waals surface area contributed by atoms with Gasteiger partial charge in [-0.05, 0) is 68.1 Å². The molecule has 0 amide bonds. The maximum atomic E-state index is 14.0. The number of fused-ring (bicyclic) bond motifs is 1. The summed E-state index contributed by atoms with van der Waals surface area (Å²) in [4.78, 5) is 13.8. The topological polar surface area (TPSA) is 86.9 Å². The van der Waals surface area contributed by atoms with E-state index in [2.05, 4.69) is 14.8 Å². The Morgan fingerprint density at radius 1 is 1.00 bits per heavy atom. The first-order chi connectivity index (χ1) is 19.3. The number of aromatic nitrogens is 4. The fourth-order valence-electron chi connectivity index (χ4n) is 5.67. The van der Waals surface area contributed by atoms with E-state index in [1.807, 2.05) is 47.8 Å². The van der Waals surface area contributed by atoms with E-state index >= 15 is 0 Å². The lowest BCUT2D eigenvalue weighted by Crippen LogP contribution is -2.50. The lowest BCUT2D eigenvalue weighted by molar-refractivity contribution is 0.378. The first-order valence-electron chi connectivity index (χ1n) is 13.9. The second-order valence-electron chi connectivity index (χ2n) is 10.5. The van der Waals surface area contributed by atoms with Crippen LogP contribution in [-0.4, -0.2) is 70.3 Å². The molecule has 0 aliphatic carbocycles. The third-order valence-electron chi connectivity index (χ3n) is 8.13. The fraction of sp³-hybridized carbons (Fsp3) is 0.414. The zero-order valence-electron chi connectivity index (χ0n) is 22.8. The van der Waals surface area contributed by atoms with Crippen LogP contribution >= 0.6 is 0 Å². The van der Waals surface area contributed by atoms with Crippen LogP contribution in [0.15, 0.2) is 60.8 Å². The molecular weight excluding hydrogens is 529 g/mol. The molecule has 210 valence electrons. The number of pyridine rings is 1.